The third-order valence-corrected chi connectivity index (χ3v) is 5.44. The van der Waals surface area contributed by atoms with Crippen LogP contribution in [0.25, 0.3) is 0 Å². The van der Waals surface area contributed by atoms with E-state index in [1.807, 2.05) is 18.2 Å². The Hall–Kier alpha value is -1.90. The van der Waals surface area contributed by atoms with Crippen molar-refractivity contribution in [1.29, 1.82) is 0 Å². The SMILES string of the molecule is O=C(Nc1cc(NC(=O)c2cc(Br)ccc2I)ccc1Cl)c1ccccc1. The zero-order chi connectivity index (χ0) is 19.4. The average Bonchev–Trinajstić information content (AvgIpc) is 2.67. The summed E-state index contributed by atoms with van der Waals surface area (Å²) in [5.74, 6) is -0.522. The summed E-state index contributed by atoms with van der Waals surface area (Å²) in [4.78, 5) is 24.9. The molecule has 0 aromatic heterocycles. The number of benzene rings is 3. The van der Waals surface area contributed by atoms with E-state index < -0.39 is 0 Å². The highest BCUT2D eigenvalue weighted by molar-refractivity contribution is 14.1. The smallest absolute Gasteiger partial charge is 0.256 e. The van der Waals surface area contributed by atoms with E-state index in [1.165, 1.54) is 0 Å². The number of anilines is 2. The van der Waals surface area contributed by atoms with Gasteiger partial charge < -0.3 is 10.6 Å². The summed E-state index contributed by atoms with van der Waals surface area (Å²) in [6, 6.07) is 19.3. The molecule has 0 spiro atoms. The third-order valence-electron chi connectivity index (χ3n) is 3.68. The van der Waals surface area contributed by atoms with E-state index in [9.17, 15) is 9.59 Å². The third kappa shape index (κ3) is 5.09. The molecule has 3 rings (SSSR count). The van der Waals surface area contributed by atoms with Crippen LogP contribution in [0.5, 0.6) is 0 Å². The van der Waals surface area contributed by atoms with Gasteiger partial charge in [0.25, 0.3) is 11.8 Å². The van der Waals surface area contributed by atoms with Crippen molar-refractivity contribution in [3.63, 3.8) is 0 Å². The average molecular weight is 556 g/mol. The number of rotatable bonds is 4. The van der Waals surface area contributed by atoms with Crippen molar-refractivity contribution >= 4 is 73.3 Å². The molecule has 0 fully saturated rings. The van der Waals surface area contributed by atoms with Crippen LogP contribution in [0.2, 0.25) is 5.02 Å². The lowest BCUT2D eigenvalue weighted by Gasteiger charge is -2.11. The first-order valence-electron chi connectivity index (χ1n) is 7.86. The lowest BCUT2D eigenvalue weighted by molar-refractivity contribution is 0.101. The van der Waals surface area contributed by atoms with Crippen LogP contribution in [0.15, 0.2) is 71.2 Å². The Morgan fingerprint density at radius 2 is 1.63 bits per heavy atom. The van der Waals surface area contributed by atoms with Crippen molar-refractivity contribution in [2.45, 2.75) is 0 Å². The first-order valence-corrected chi connectivity index (χ1v) is 10.1. The lowest BCUT2D eigenvalue weighted by Crippen LogP contribution is -2.15. The lowest BCUT2D eigenvalue weighted by atomic mass is 10.2. The molecular weight excluding hydrogens is 542 g/mol. The Morgan fingerprint density at radius 1 is 0.889 bits per heavy atom. The summed E-state index contributed by atoms with van der Waals surface area (Å²) in [5, 5.41) is 5.99. The van der Waals surface area contributed by atoms with E-state index in [1.54, 1.807) is 48.5 Å². The van der Waals surface area contributed by atoms with E-state index in [2.05, 4.69) is 49.2 Å². The van der Waals surface area contributed by atoms with Gasteiger partial charge in [0, 0.05) is 19.3 Å². The molecule has 0 aliphatic heterocycles. The van der Waals surface area contributed by atoms with Crippen LogP contribution in [-0.4, -0.2) is 11.8 Å². The maximum atomic E-state index is 12.6. The molecule has 2 amide bonds. The predicted octanol–water partition coefficient (Wildman–Crippen LogP) is 6.21. The topological polar surface area (TPSA) is 58.2 Å². The second kappa shape index (κ2) is 8.86. The van der Waals surface area contributed by atoms with Crippen molar-refractivity contribution in [1.82, 2.24) is 0 Å². The zero-order valence-electron chi connectivity index (χ0n) is 13.8. The molecule has 2 N–H and O–H groups in total. The number of carbonyl (C=O) groups excluding carboxylic acids is 2. The normalized spacial score (nSPS) is 10.3. The number of carbonyl (C=O) groups is 2. The standard InChI is InChI=1S/C20H13BrClIN2O2/c21-13-6-9-17(23)15(10-13)20(27)24-14-7-8-16(22)18(11-14)25-19(26)12-4-2-1-3-5-12/h1-11H,(H,24,27)(H,25,26). The van der Waals surface area contributed by atoms with E-state index in [-0.39, 0.29) is 11.8 Å². The minimum Gasteiger partial charge on any atom is -0.322 e. The molecule has 0 aliphatic carbocycles. The summed E-state index contributed by atoms with van der Waals surface area (Å²) >= 11 is 11.7. The van der Waals surface area contributed by atoms with Crippen LogP contribution in [0.3, 0.4) is 0 Å². The molecule has 27 heavy (non-hydrogen) atoms. The number of nitrogens with one attached hydrogen (secondary N) is 2. The van der Waals surface area contributed by atoms with Gasteiger partial charge in [-0.1, -0.05) is 45.7 Å². The van der Waals surface area contributed by atoms with E-state index in [0.717, 1.165) is 8.04 Å². The molecule has 0 saturated carbocycles. The van der Waals surface area contributed by atoms with Gasteiger partial charge in [-0.3, -0.25) is 9.59 Å². The molecule has 3 aromatic carbocycles. The highest BCUT2D eigenvalue weighted by Crippen LogP contribution is 2.27. The molecule has 0 saturated heterocycles. The van der Waals surface area contributed by atoms with E-state index in [0.29, 0.717) is 27.5 Å². The quantitative estimate of drug-likeness (QED) is 0.376. The Morgan fingerprint density at radius 3 is 2.37 bits per heavy atom. The van der Waals surface area contributed by atoms with Crippen molar-refractivity contribution in [3.05, 3.63) is 90.9 Å². The molecule has 0 aliphatic rings. The van der Waals surface area contributed by atoms with Crippen molar-refractivity contribution in [3.8, 4) is 0 Å². The van der Waals surface area contributed by atoms with Crippen LogP contribution in [-0.2, 0) is 0 Å². The van der Waals surface area contributed by atoms with Crippen LogP contribution >= 0.6 is 50.1 Å². The minimum atomic E-state index is -0.275. The molecule has 136 valence electrons. The largest absolute Gasteiger partial charge is 0.322 e. The Bertz CT molecular complexity index is 1010. The fourth-order valence-electron chi connectivity index (χ4n) is 2.35. The maximum absolute atomic E-state index is 12.6. The van der Waals surface area contributed by atoms with Gasteiger partial charge in [-0.15, -0.1) is 0 Å². The molecule has 0 bridgehead atoms. The first kappa shape index (κ1) is 19.9. The summed E-state index contributed by atoms with van der Waals surface area (Å²) in [6.07, 6.45) is 0. The highest BCUT2D eigenvalue weighted by Gasteiger charge is 2.13. The molecular formula is C20H13BrClIN2O2. The Labute approximate surface area is 183 Å². The van der Waals surface area contributed by atoms with Crippen LogP contribution in [0.4, 0.5) is 11.4 Å². The van der Waals surface area contributed by atoms with Crippen molar-refractivity contribution < 1.29 is 9.59 Å². The Balaban J connectivity index is 1.80. The molecule has 0 unspecified atom stereocenters. The number of hydrogen-bond donors (Lipinski definition) is 2. The summed E-state index contributed by atoms with van der Waals surface area (Å²) < 4.78 is 1.65. The number of amides is 2. The van der Waals surface area contributed by atoms with Crippen LogP contribution in [0, 0.1) is 3.57 Å². The van der Waals surface area contributed by atoms with E-state index in [4.69, 9.17) is 11.6 Å². The molecule has 4 nitrogen and oxygen atoms in total. The Kier molecular flexibility index (Phi) is 6.51. The van der Waals surface area contributed by atoms with Crippen molar-refractivity contribution in [2.75, 3.05) is 10.6 Å². The maximum Gasteiger partial charge on any atom is 0.256 e. The zero-order valence-corrected chi connectivity index (χ0v) is 18.3. The van der Waals surface area contributed by atoms with Crippen LogP contribution in [0.1, 0.15) is 20.7 Å². The van der Waals surface area contributed by atoms with E-state index >= 15 is 0 Å². The number of hydrogen-bond acceptors (Lipinski definition) is 2. The van der Waals surface area contributed by atoms with Crippen molar-refractivity contribution in [2.24, 2.45) is 0 Å². The number of halogens is 3. The first-order chi connectivity index (χ1) is 12.9. The molecule has 7 heteroatoms. The second-order valence-corrected chi connectivity index (χ2v) is 8.08. The van der Waals surface area contributed by atoms with Gasteiger partial charge in [0.05, 0.1) is 16.3 Å². The molecule has 0 radical (unpaired) electrons. The fraction of sp³-hybridized carbons (Fsp3) is 0. The van der Waals surface area contributed by atoms with Gasteiger partial charge >= 0.3 is 0 Å². The summed E-state index contributed by atoms with van der Waals surface area (Å²) in [6.45, 7) is 0. The minimum absolute atomic E-state index is 0.247. The molecule has 3 aromatic rings. The highest BCUT2D eigenvalue weighted by atomic mass is 127. The summed E-state index contributed by atoms with van der Waals surface area (Å²) in [7, 11) is 0. The van der Waals surface area contributed by atoms with Gasteiger partial charge in [-0.2, -0.15) is 0 Å². The van der Waals surface area contributed by atoms with Gasteiger partial charge in [-0.25, -0.2) is 0 Å². The summed E-state index contributed by atoms with van der Waals surface area (Å²) in [5.41, 5.74) is 2.03. The molecule has 0 atom stereocenters. The van der Waals surface area contributed by atoms with Gasteiger partial charge in [0.1, 0.15) is 0 Å². The predicted molar refractivity (Wildman–Crippen MR) is 121 cm³/mol. The van der Waals surface area contributed by atoms with Gasteiger partial charge in [0.2, 0.25) is 0 Å². The second-order valence-electron chi connectivity index (χ2n) is 5.59. The fourth-order valence-corrected chi connectivity index (χ4v) is 3.46. The van der Waals surface area contributed by atoms with Gasteiger partial charge in [-0.05, 0) is 71.1 Å². The molecule has 0 heterocycles. The van der Waals surface area contributed by atoms with Gasteiger partial charge in [0.15, 0.2) is 0 Å². The van der Waals surface area contributed by atoms with Crippen LogP contribution < -0.4 is 10.6 Å². The monoisotopic (exact) mass is 554 g/mol.